The number of anilines is 1. The number of rotatable bonds is 3. The molecule has 0 aliphatic heterocycles. The minimum absolute atomic E-state index is 0.169. The third-order valence-electron chi connectivity index (χ3n) is 3.99. The predicted octanol–water partition coefficient (Wildman–Crippen LogP) is 2.69. The summed E-state index contributed by atoms with van der Waals surface area (Å²) < 4.78 is 0. The molecule has 5 nitrogen and oxygen atoms in total. The summed E-state index contributed by atoms with van der Waals surface area (Å²) >= 11 is 0. The number of aromatic nitrogens is 2. The molecule has 0 spiro atoms. The van der Waals surface area contributed by atoms with Gasteiger partial charge in [0.15, 0.2) is 11.5 Å². The van der Waals surface area contributed by atoms with Crippen LogP contribution in [0.1, 0.15) is 36.7 Å². The van der Waals surface area contributed by atoms with Gasteiger partial charge in [0.2, 0.25) is 0 Å². The summed E-state index contributed by atoms with van der Waals surface area (Å²) in [4.78, 5) is 20.9. The van der Waals surface area contributed by atoms with Crippen LogP contribution in [0.25, 0.3) is 11.0 Å². The van der Waals surface area contributed by atoms with Crippen LogP contribution in [0.3, 0.4) is 0 Å². The standard InChI is InChI=1S/C17H20N4O/c1-11-5-4-6-12(9-11)10-19-17(22)15-16(18)21-14-8-3-2-7-13(14)20-15/h2-3,6-8,11H,4-5,9-10H2,1H3,(H2,18,21)(H,19,22). The van der Waals surface area contributed by atoms with Crippen molar-refractivity contribution >= 4 is 22.8 Å². The van der Waals surface area contributed by atoms with Gasteiger partial charge in [-0.2, -0.15) is 0 Å². The fraction of sp³-hybridized carbons (Fsp3) is 0.353. The maximum atomic E-state index is 12.3. The van der Waals surface area contributed by atoms with Crippen LogP contribution in [-0.4, -0.2) is 22.4 Å². The van der Waals surface area contributed by atoms with E-state index in [4.69, 9.17) is 5.73 Å². The lowest BCUT2D eigenvalue weighted by molar-refractivity contribution is 0.0952. The Morgan fingerprint density at radius 2 is 2.05 bits per heavy atom. The van der Waals surface area contributed by atoms with Gasteiger partial charge in [-0.05, 0) is 37.3 Å². The van der Waals surface area contributed by atoms with Gasteiger partial charge in [0, 0.05) is 6.54 Å². The number of hydrogen-bond donors (Lipinski definition) is 2. The molecular formula is C17H20N4O. The van der Waals surface area contributed by atoms with E-state index in [2.05, 4.69) is 28.3 Å². The number of carbonyl (C=O) groups excluding carboxylic acids is 1. The number of allylic oxidation sites excluding steroid dienone is 1. The molecule has 1 atom stereocenters. The molecule has 3 rings (SSSR count). The molecule has 1 aliphatic rings. The van der Waals surface area contributed by atoms with E-state index in [0.717, 1.165) is 12.8 Å². The Balaban J connectivity index is 1.74. The Bertz CT molecular complexity index is 739. The summed E-state index contributed by atoms with van der Waals surface area (Å²) in [5, 5.41) is 2.91. The van der Waals surface area contributed by atoms with Crippen molar-refractivity contribution in [2.45, 2.75) is 26.2 Å². The first-order valence-electron chi connectivity index (χ1n) is 7.62. The van der Waals surface area contributed by atoms with Crippen LogP contribution in [0.15, 0.2) is 35.9 Å². The van der Waals surface area contributed by atoms with Crippen LogP contribution < -0.4 is 11.1 Å². The summed E-state index contributed by atoms with van der Waals surface area (Å²) in [7, 11) is 0. The van der Waals surface area contributed by atoms with E-state index in [1.54, 1.807) is 0 Å². The van der Waals surface area contributed by atoms with Crippen molar-refractivity contribution < 1.29 is 4.79 Å². The van der Waals surface area contributed by atoms with Gasteiger partial charge < -0.3 is 11.1 Å². The van der Waals surface area contributed by atoms with Gasteiger partial charge in [-0.25, -0.2) is 9.97 Å². The minimum Gasteiger partial charge on any atom is -0.382 e. The van der Waals surface area contributed by atoms with Gasteiger partial charge in [-0.15, -0.1) is 0 Å². The van der Waals surface area contributed by atoms with E-state index < -0.39 is 0 Å². The molecule has 0 saturated heterocycles. The second kappa shape index (κ2) is 6.13. The molecule has 1 heterocycles. The average Bonchev–Trinajstić information content (AvgIpc) is 2.52. The Labute approximate surface area is 129 Å². The number of amides is 1. The Kier molecular flexibility index (Phi) is 4.04. The summed E-state index contributed by atoms with van der Waals surface area (Å²) in [5.41, 5.74) is 8.71. The third-order valence-corrected chi connectivity index (χ3v) is 3.99. The number of carbonyl (C=O) groups is 1. The molecule has 22 heavy (non-hydrogen) atoms. The van der Waals surface area contributed by atoms with Crippen LogP contribution in [0, 0.1) is 5.92 Å². The van der Waals surface area contributed by atoms with Gasteiger partial charge in [-0.1, -0.05) is 30.7 Å². The molecule has 0 radical (unpaired) electrons. The van der Waals surface area contributed by atoms with Gasteiger partial charge in [0.25, 0.3) is 5.91 Å². The third kappa shape index (κ3) is 3.08. The van der Waals surface area contributed by atoms with E-state index in [0.29, 0.717) is 23.5 Å². The fourth-order valence-electron chi connectivity index (χ4n) is 2.81. The van der Waals surface area contributed by atoms with Crippen molar-refractivity contribution in [3.05, 3.63) is 41.6 Å². The molecule has 114 valence electrons. The van der Waals surface area contributed by atoms with E-state index in [1.165, 1.54) is 12.0 Å². The molecule has 3 N–H and O–H groups in total. The van der Waals surface area contributed by atoms with Crippen LogP contribution >= 0.6 is 0 Å². The lowest BCUT2D eigenvalue weighted by Gasteiger charge is -2.19. The number of fused-ring (bicyclic) bond motifs is 1. The van der Waals surface area contributed by atoms with E-state index in [1.807, 2.05) is 24.3 Å². The van der Waals surface area contributed by atoms with Gasteiger partial charge in [-0.3, -0.25) is 4.79 Å². The Morgan fingerprint density at radius 3 is 2.77 bits per heavy atom. The molecule has 1 aliphatic carbocycles. The first-order chi connectivity index (χ1) is 10.6. The van der Waals surface area contributed by atoms with Crippen molar-refractivity contribution in [3.8, 4) is 0 Å². The maximum Gasteiger partial charge on any atom is 0.274 e. The number of nitrogens with two attached hydrogens (primary N) is 1. The zero-order chi connectivity index (χ0) is 15.5. The van der Waals surface area contributed by atoms with Crippen molar-refractivity contribution in [1.29, 1.82) is 0 Å². The van der Waals surface area contributed by atoms with Crippen molar-refractivity contribution in [3.63, 3.8) is 0 Å². The largest absolute Gasteiger partial charge is 0.382 e. The predicted molar refractivity (Wildman–Crippen MR) is 87.4 cm³/mol. The van der Waals surface area contributed by atoms with Crippen molar-refractivity contribution in [2.75, 3.05) is 12.3 Å². The highest BCUT2D eigenvalue weighted by molar-refractivity contribution is 5.98. The van der Waals surface area contributed by atoms with E-state index in [9.17, 15) is 4.79 Å². The first-order valence-corrected chi connectivity index (χ1v) is 7.62. The van der Waals surface area contributed by atoms with E-state index in [-0.39, 0.29) is 17.4 Å². The number of nitrogen functional groups attached to an aromatic ring is 1. The quantitative estimate of drug-likeness (QED) is 0.853. The van der Waals surface area contributed by atoms with Crippen LogP contribution in [0.2, 0.25) is 0 Å². The lowest BCUT2D eigenvalue weighted by atomic mass is 9.90. The fourth-order valence-corrected chi connectivity index (χ4v) is 2.81. The summed E-state index contributed by atoms with van der Waals surface area (Å²) in [6, 6.07) is 7.38. The number of nitrogens with zero attached hydrogens (tertiary/aromatic N) is 2. The normalized spacial score (nSPS) is 18.0. The monoisotopic (exact) mass is 296 g/mol. The zero-order valence-corrected chi connectivity index (χ0v) is 12.7. The van der Waals surface area contributed by atoms with Crippen LogP contribution in [0.5, 0.6) is 0 Å². The van der Waals surface area contributed by atoms with Crippen LogP contribution in [0.4, 0.5) is 5.82 Å². The first kappa shape index (κ1) is 14.5. The van der Waals surface area contributed by atoms with E-state index >= 15 is 0 Å². The highest BCUT2D eigenvalue weighted by atomic mass is 16.1. The van der Waals surface area contributed by atoms with Gasteiger partial charge in [0.05, 0.1) is 11.0 Å². The minimum atomic E-state index is -0.269. The molecule has 1 amide bonds. The molecule has 5 heteroatoms. The Hall–Kier alpha value is -2.43. The number of nitrogens with one attached hydrogen (secondary N) is 1. The van der Waals surface area contributed by atoms with Crippen LogP contribution in [-0.2, 0) is 0 Å². The smallest absolute Gasteiger partial charge is 0.274 e. The second-order valence-corrected chi connectivity index (χ2v) is 5.88. The molecular weight excluding hydrogens is 276 g/mol. The molecule has 0 bridgehead atoms. The summed E-state index contributed by atoms with van der Waals surface area (Å²) in [6.07, 6.45) is 5.57. The summed E-state index contributed by atoms with van der Waals surface area (Å²) in [6.45, 7) is 2.79. The summed E-state index contributed by atoms with van der Waals surface area (Å²) in [5.74, 6) is 0.583. The van der Waals surface area contributed by atoms with Gasteiger partial charge >= 0.3 is 0 Å². The molecule has 1 aromatic carbocycles. The van der Waals surface area contributed by atoms with Gasteiger partial charge in [0.1, 0.15) is 0 Å². The average molecular weight is 296 g/mol. The molecule has 1 aromatic heterocycles. The van der Waals surface area contributed by atoms with Crippen molar-refractivity contribution in [2.24, 2.45) is 5.92 Å². The molecule has 2 aromatic rings. The maximum absolute atomic E-state index is 12.3. The number of benzene rings is 1. The Morgan fingerprint density at radius 1 is 1.32 bits per heavy atom. The zero-order valence-electron chi connectivity index (χ0n) is 12.7. The SMILES string of the molecule is CC1CCC=C(CNC(=O)c2nc3ccccc3nc2N)C1. The van der Waals surface area contributed by atoms with Crippen molar-refractivity contribution in [1.82, 2.24) is 15.3 Å². The number of para-hydroxylation sites is 2. The second-order valence-electron chi connectivity index (χ2n) is 5.88. The molecule has 0 fully saturated rings. The highest BCUT2D eigenvalue weighted by Crippen LogP contribution is 2.23. The molecule has 0 saturated carbocycles. The highest BCUT2D eigenvalue weighted by Gasteiger charge is 2.16. The topological polar surface area (TPSA) is 80.9 Å². The lowest BCUT2D eigenvalue weighted by Crippen LogP contribution is -2.28. The number of hydrogen-bond acceptors (Lipinski definition) is 4. The molecule has 1 unspecified atom stereocenters.